The molecule has 0 spiro atoms. The zero-order valence-electron chi connectivity index (χ0n) is 10.6. The monoisotopic (exact) mass is 314 g/mol. The lowest BCUT2D eigenvalue weighted by molar-refractivity contribution is -0.141. The second-order valence-corrected chi connectivity index (χ2v) is 8.11. The Labute approximate surface area is 120 Å². The van der Waals surface area contributed by atoms with Gasteiger partial charge in [-0.1, -0.05) is 12.2 Å². The highest BCUT2D eigenvalue weighted by Crippen LogP contribution is 2.43. The van der Waals surface area contributed by atoms with Gasteiger partial charge in [0.05, 0.1) is 11.2 Å². The van der Waals surface area contributed by atoms with Gasteiger partial charge in [-0.15, -0.1) is 11.3 Å². The highest BCUT2D eigenvalue weighted by atomic mass is 32.2. The minimum absolute atomic E-state index is 0.0932. The zero-order chi connectivity index (χ0) is 14.3. The first-order valence-electron chi connectivity index (χ1n) is 6.35. The number of carbonyl (C=O) groups is 1. The summed E-state index contributed by atoms with van der Waals surface area (Å²) in [6, 6.07) is -1.03. The Morgan fingerprint density at radius 1 is 1.40 bits per heavy atom. The highest BCUT2D eigenvalue weighted by Gasteiger charge is 2.38. The number of aliphatic carboxylic acids is 1. The van der Waals surface area contributed by atoms with Crippen molar-refractivity contribution in [1.29, 1.82) is 0 Å². The molecule has 1 unspecified atom stereocenters. The van der Waals surface area contributed by atoms with Crippen LogP contribution in [-0.2, 0) is 14.8 Å². The fraction of sp³-hybridized carbons (Fsp3) is 0.500. The molecule has 6 nitrogen and oxygen atoms in total. The number of thiazole rings is 1. The van der Waals surface area contributed by atoms with Gasteiger partial charge in [0.1, 0.15) is 6.04 Å². The molecule has 0 saturated heterocycles. The van der Waals surface area contributed by atoms with Crippen molar-refractivity contribution in [2.45, 2.75) is 35.4 Å². The van der Waals surface area contributed by atoms with Crippen molar-refractivity contribution in [3.05, 3.63) is 23.4 Å². The average molecular weight is 314 g/mol. The van der Waals surface area contributed by atoms with E-state index in [1.807, 2.05) is 0 Å². The van der Waals surface area contributed by atoms with E-state index in [0.29, 0.717) is 5.92 Å². The van der Waals surface area contributed by atoms with Crippen molar-refractivity contribution < 1.29 is 18.3 Å². The summed E-state index contributed by atoms with van der Waals surface area (Å²) in [6.07, 6.45) is 7.04. The van der Waals surface area contributed by atoms with E-state index < -0.39 is 22.0 Å². The van der Waals surface area contributed by atoms with Crippen LogP contribution in [0.15, 0.2) is 22.6 Å². The van der Waals surface area contributed by atoms with E-state index in [9.17, 15) is 18.3 Å². The van der Waals surface area contributed by atoms with E-state index in [1.165, 1.54) is 6.20 Å². The summed E-state index contributed by atoms with van der Waals surface area (Å²) in [4.78, 5) is 15.4. The van der Waals surface area contributed by atoms with Gasteiger partial charge in [0.2, 0.25) is 0 Å². The van der Waals surface area contributed by atoms with E-state index in [4.69, 9.17) is 0 Å². The summed E-state index contributed by atoms with van der Waals surface area (Å²) in [5.74, 6) is -0.731. The predicted molar refractivity (Wildman–Crippen MR) is 73.2 cm³/mol. The molecule has 2 heterocycles. The summed E-state index contributed by atoms with van der Waals surface area (Å²) in [5, 5.41) is 10.0. The number of rotatable bonds is 4. The first kappa shape index (κ1) is 13.7. The van der Waals surface area contributed by atoms with Crippen LogP contribution in [0.1, 0.15) is 30.2 Å². The van der Waals surface area contributed by atoms with E-state index >= 15 is 0 Å². The Bertz CT molecular complexity index is 661. The molecular weight excluding hydrogens is 300 g/mol. The third-order valence-corrected chi connectivity index (χ3v) is 6.91. The minimum atomic E-state index is -3.78. The molecule has 20 heavy (non-hydrogen) atoms. The lowest BCUT2D eigenvalue weighted by Crippen LogP contribution is -2.46. The predicted octanol–water partition coefficient (Wildman–Crippen LogP) is 1.42. The van der Waals surface area contributed by atoms with Crippen LogP contribution in [0.3, 0.4) is 0 Å². The van der Waals surface area contributed by atoms with Gasteiger partial charge in [0, 0.05) is 12.5 Å². The third kappa shape index (κ3) is 2.38. The molecule has 1 aliphatic heterocycles. The molecule has 0 aromatic carbocycles. The number of aromatic nitrogens is 1. The van der Waals surface area contributed by atoms with Crippen molar-refractivity contribution >= 4 is 27.3 Å². The van der Waals surface area contributed by atoms with E-state index in [2.05, 4.69) is 4.98 Å². The summed E-state index contributed by atoms with van der Waals surface area (Å²) in [7, 11) is -3.78. The molecule has 1 atom stereocenters. The first-order valence-corrected chi connectivity index (χ1v) is 8.61. The van der Waals surface area contributed by atoms with Gasteiger partial charge in [-0.25, -0.2) is 13.4 Å². The van der Waals surface area contributed by atoms with Gasteiger partial charge < -0.3 is 5.11 Å². The number of hydrogen-bond donors (Lipinski definition) is 1. The summed E-state index contributed by atoms with van der Waals surface area (Å²) in [5.41, 5.74) is 0. The lowest BCUT2D eigenvalue weighted by Gasteiger charge is -2.28. The fourth-order valence-corrected chi connectivity index (χ4v) is 5.16. The molecule has 8 heteroatoms. The molecule has 1 aromatic heterocycles. The van der Waals surface area contributed by atoms with Crippen LogP contribution in [0.4, 0.5) is 0 Å². The highest BCUT2D eigenvalue weighted by molar-refractivity contribution is 7.91. The van der Waals surface area contributed by atoms with Crippen LogP contribution in [0, 0.1) is 0 Å². The molecule has 2 aliphatic rings. The second kappa shape index (κ2) is 4.94. The van der Waals surface area contributed by atoms with Gasteiger partial charge in [0.15, 0.2) is 4.21 Å². The number of nitrogens with zero attached hydrogens (tertiary/aromatic N) is 2. The standard InChI is InChI=1S/C12H14N2O4S2/c15-12(16)9-3-1-2-6-14(9)20(17,18)10-7-13-11(19-10)8-4-5-8/h1-2,7-9H,3-6H2,(H,15,16). The van der Waals surface area contributed by atoms with Crippen molar-refractivity contribution in [3.8, 4) is 0 Å². The quantitative estimate of drug-likeness (QED) is 0.849. The van der Waals surface area contributed by atoms with Gasteiger partial charge in [-0.05, 0) is 19.3 Å². The lowest BCUT2D eigenvalue weighted by atomic mass is 10.1. The Hall–Kier alpha value is -1.25. The second-order valence-electron chi connectivity index (χ2n) is 4.93. The molecule has 0 radical (unpaired) electrons. The topological polar surface area (TPSA) is 87.6 Å². The summed E-state index contributed by atoms with van der Waals surface area (Å²) >= 11 is 1.16. The smallest absolute Gasteiger partial charge is 0.322 e. The van der Waals surface area contributed by atoms with Crippen LogP contribution in [-0.4, -0.2) is 41.4 Å². The Morgan fingerprint density at radius 3 is 2.80 bits per heavy atom. The summed E-state index contributed by atoms with van der Waals surface area (Å²) < 4.78 is 26.3. The Kier molecular flexibility index (Phi) is 3.39. The maximum atomic E-state index is 12.6. The summed E-state index contributed by atoms with van der Waals surface area (Å²) in [6.45, 7) is 0.0932. The number of sulfonamides is 1. The maximum Gasteiger partial charge on any atom is 0.322 e. The van der Waals surface area contributed by atoms with Crippen molar-refractivity contribution in [3.63, 3.8) is 0 Å². The molecule has 1 saturated carbocycles. The maximum absolute atomic E-state index is 12.6. The number of hydrogen-bond acceptors (Lipinski definition) is 5. The minimum Gasteiger partial charge on any atom is -0.480 e. The molecule has 1 aliphatic carbocycles. The molecule has 1 N–H and O–H groups in total. The average Bonchev–Trinajstić information content (AvgIpc) is 3.15. The number of carboxylic acid groups (broad SMARTS) is 1. The molecule has 1 aromatic rings. The van der Waals surface area contributed by atoms with E-state index in [1.54, 1.807) is 12.2 Å². The van der Waals surface area contributed by atoms with Crippen LogP contribution in [0.2, 0.25) is 0 Å². The van der Waals surface area contributed by atoms with Crippen LogP contribution in [0.5, 0.6) is 0 Å². The van der Waals surface area contributed by atoms with E-state index in [0.717, 1.165) is 33.5 Å². The normalized spacial score (nSPS) is 23.9. The SMILES string of the molecule is O=C(O)C1CC=CCN1S(=O)(=O)c1cnc(C2CC2)s1. The number of carboxylic acids is 1. The third-order valence-electron chi connectivity index (χ3n) is 3.44. The fourth-order valence-electron chi connectivity index (χ4n) is 2.16. The van der Waals surface area contributed by atoms with Gasteiger partial charge in [-0.2, -0.15) is 4.31 Å². The van der Waals surface area contributed by atoms with Gasteiger partial charge in [-0.3, -0.25) is 4.79 Å². The van der Waals surface area contributed by atoms with E-state index in [-0.39, 0.29) is 17.2 Å². The molecule has 0 bridgehead atoms. The molecular formula is C12H14N2O4S2. The zero-order valence-corrected chi connectivity index (χ0v) is 12.2. The van der Waals surface area contributed by atoms with Crippen LogP contribution in [0.25, 0.3) is 0 Å². The van der Waals surface area contributed by atoms with Crippen molar-refractivity contribution in [2.24, 2.45) is 0 Å². The Balaban J connectivity index is 1.92. The molecule has 0 amide bonds. The molecule has 3 rings (SSSR count). The van der Waals surface area contributed by atoms with Crippen LogP contribution >= 0.6 is 11.3 Å². The van der Waals surface area contributed by atoms with Gasteiger partial charge in [0.25, 0.3) is 10.0 Å². The van der Waals surface area contributed by atoms with Crippen molar-refractivity contribution in [1.82, 2.24) is 9.29 Å². The Morgan fingerprint density at radius 2 is 2.15 bits per heavy atom. The largest absolute Gasteiger partial charge is 0.480 e. The van der Waals surface area contributed by atoms with Crippen LogP contribution < -0.4 is 0 Å². The first-order chi connectivity index (χ1) is 9.50. The molecule has 1 fully saturated rings. The van der Waals surface area contributed by atoms with Gasteiger partial charge >= 0.3 is 5.97 Å². The molecule has 108 valence electrons. The van der Waals surface area contributed by atoms with Crippen molar-refractivity contribution in [2.75, 3.05) is 6.54 Å².